The Labute approximate surface area is 113 Å². The summed E-state index contributed by atoms with van der Waals surface area (Å²) in [6, 6.07) is 10.5. The summed E-state index contributed by atoms with van der Waals surface area (Å²) in [4.78, 5) is 6.37. The highest BCUT2D eigenvalue weighted by molar-refractivity contribution is 6.16. The molecule has 1 aromatic carbocycles. The number of aromatic nitrogens is 1. The van der Waals surface area contributed by atoms with E-state index >= 15 is 0 Å². The van der Waals surface area contributed by atoms with Crippen molar-refractivity contribution in [3.05, 3.63) is 53.3 Å². The molecule has 0 spiro atoms. The summed E-state index contributed by atoms with van der Waals surface area (Å²) in [6.07, 6.45) is 1.80. The van der Waals surface area contributed by atoms with Gasteiger partial charge in [-0.15, -0.1) is 11.6 Å². The van der Waals surface area contributed by atoms with Gasteiger partial charge in [-0.2, -0.15) is 0 Å². The molecule has 0 bridgehead atoms. The highest BCUT2D eigenvalue weighted by Gasteiger charge is 2.07. The molecule has 0 N–H and O–H groups in total. The lowest BCUT2D eigenvalue weighted by atomic mass is 10.1. The monoisotopic (exact) mass is 260 g/mol. The molecule has 3 heteroatoms. The second-order valence-corrected chi connectivity index (χ2v) is 4.76. The van der Waals surface area contributed by atoms with Gasteiger partial charge in [0.25, 0.3) is 0 Å². The average Bonchev–Trinajstić information content (AvgIpc) is 2.38. The first kappa shape index (κ1) is 12.9. The quantitative estimate of drug-likeness (QED) is 0.769. The SMILES string of the molecule is Cc1ccc(N(C)c2ccnc(CCl)c2)c(C)c1. The third-order valence-corrected chi connectivity index (χ3v) is 3.31. The Bertz CT molecular complexity index is 552. The molecular weight excluding hydrogens is 244 g/mol. The smallest absolute Gasteiger partial charge is 0.0648 e. The molecule has 0 unspecified atom stereocenters. The number of anilines is 2. The van der Waals surface area contributed by atoms with Gasteiger partial charge in [0.2, 0.25) is 0 Å². The zero-order valence-electron chi connectivity index (χ0n) is 10.9. The van der Waals surface area contributed by atoms with E-state index in [9.17, 15) is 0 Å². The standard InChI is InChI=1S/C15H17ClN2/c1-11-4-5-15(12(2)8-11)18(3)14-6-7-17-13(9-14)10-16/h4-9H,10H2,1-3H3. The Kier molecular flexibility index (Phi) is 3.87. The second-order valence-electron chi connectivity index (χ2n) is 4.49. The molecule has 0 atom stereocenters. The molecule has 0 radical (unpaired) electrons. The second kappa shape index (κ2) is 5.40. The lowest BCUT2D eigenvalue weighted by molar-refractivity contribution is 1.12. The fourth-order valence-electron chi connectivity index (χ4n) is 2.07. The van der Waals surface area contributed by atoms with Crippen molar-refractivity contribution < 1.29 is 0 Å². The van der Waals surface area contributed by atoms with Crippen LogP contribution in [0.2, 0.25) is 0 Å². The van der Waals surface area contributed by atoms with E-state index in [0.29, 0.717) is 5.88 Å². The molecule has 94 valence electrons. The van der Waals surface area contributed by atoms with Crippen molar-refractivity contribution in [3.8, 4) is 0 Å². The van der Waals surface area contributed by atoms with E-state index in [4.69, 9.17) is 11.6 Å². The zero-order valence-corrected chi connectivity index (χ0v) is 11.7. The number of halogens is 1. The first-order valence-corrected chi connectivity index (χ1v) is 6.47. The van der Waals surface area contributed by atoms with Crippen LogP contribution >= 0.6 is 11.6 Å². The van der Waals surface area contributed by atoms with Gasteiger partial charge in [-0.25, -0.2) is 0 Å². The van der Waals surface area contributed by atoms with Gasteiger partial charge in [-0.3, -0.25) is 4.98 Å². The van der Waals surface area contributed by atoms with Crippen LogP contribution in [0.25, 0.3) is 0 Å². The number of benzene rings is 1. The fourth-order valence-corrected chi connectivity index (χ4v) is 2.21. The van der Waals surface area contributed by atoms with Gasteiger partial charge in [-0.05, 0) is 37.6 Å². The molecule has 0 saturated heterocycles. The third-order valence-electron chi connectivity index (χ3n) is 3.04. The number of pyridine rings is 1. The highest BCUT2D eigenvalue weighted by atomic mass is 35.5. The van der Waals surface area contributed by atoms with Crippen molar-refractivity contribution in [2.24, 2.45) is 0 Å². The van der Waals surface area contributed by atoms with E-state index in [-0.39, 0.29) is 0 Å². The molecule has 0 aliphatic rings. The van der Waals surface area contributed by atoms with Crippen LogP contribution in [-0.2, 0) is 5.88 Å². The van der Waals surface area contributed by atoms with Gasteiger partial charge in [0.1, 0.15) is 0 Å². The van der Waals surface area contributed by atoms with Crippen LogP contribution < -0.4 is 4.90 Å². The van der Waals surface area contributed by atoms with E-state index in [2.05, 4.69) is 49.0 Å². The van der Waals surface area contributed by atoms with Gasteiger partial charge < -0.3 is 4.90 Å². The summed E-state index contributed by atoms with van der Waals surface area (Å²) in [5, 5.41) is 0. The minimum Gasteiger partial charge on any atom is -0.344 e. The summed E-state index contributed by atoms with van der Waals surface area (Å²) in [6.45, 7) is 4.23. The molecule has 0 fully saturated rings. The predicted octanol–water partition coefficient (Wildman–Crippen LogP) is 4.21. The highest BCUT2D eigenvalue weighted by Crippen LogP contribution is 2.27. The number of aryl methyl sites for hydroxylation is 2. The Hall–Kier alpha value is -1.54. The molecule has 0 saturated carbocycles. The Balaban J connectivity index is 2.37. The number of rotatable bonds is 3. The zero-order chi connectivity index (χ0) is 13.1. The van der Waals surface area contributed by atoms with Crippen molar-refractivity contribution in [2.45, 2.75) is 19.7 Å². The van der Waals surface area contributed by atoms with Gasteiger partial charge in [0, 0.05) is 24.6 Å². The number of hydrogen-bond donors (Lipinski definition) is 0. The fraction of sp³-hybridized carbons (Fsp3) is 0.267. The minimum atomic E-state index is 0.439. The van der Waals surface area contributed by atoms with Crippen LogP contribution in [0.15, 0.2) is 36.5 Å². The summed E-state index contributed by atoms with van der Waals surface area (Å²) >= 11 is 5.82. The van der Waals surface area contributed by atoms with Crippen molar-refractivity contribution in [3.63, 3.8) is 0 Å². The summed E-state index contributed by atoms with van der Waals surface area (Å²) < 4.78 is 0. The topological polar surface area (TPSA) is 16.1 Å². The van der Waals surface area contributed by atoms with Crippen LogP contribution in [-0.4, -0.2) is 12.0 Å². The number of hydrogen-bond acceptors (Lipinski definition) is 2. The molecule has 2 rings (SSSR count). The Morgan fingerprint density at radius 2 is 1.94 bits per heavy atom. The maximum atomic E-state index is 5.82. The molecule has 1 heterocycles. The average molecular weight is 261 g/mol. The van der Waals surface area contributed by atoms with Gasteiger partial charge in [0.15, 0.2) is 0 Å². The van der Waals surface area contributed by atoms with Crippen molar-refractivity contribution in [1.29, 1.82) is 0 Å². The van der Waals surface area contributed by atoms with Gasteiger partial charge in [0.05, 0.1) is 11.6 Å². The first-order chi connectivity index (χ1) is 8.61. The van der Waals surface area contributed by atoms with E-state index in [0.717, 1.165) is 11.4 Å². The summed E-state index contributed by atoms with van der Waals surface area (Å²) in [7, 11) is 2.06. The van der Waals surface area contributed by atoms with E-state index < -0.39 is 0 Å². The van der Waals surface area contributed by atoms with E-state index in [1.165, 1.54) is 16.8 Å². The van der Waals surface area contributed by atoms with Crippen LogP contribution in [0.4, 0.5) is 11.4 Å². The summed E-state index contributed by atoms with van der Waals surface area (Å²) in [5.41, 5.74) is 5.74. The lowest BCUT2D eigenvalue weighted by Gasteiger charge is -2.22. The minimum absolute atomic E-state index is 0.439. The van der Waals surface area contributed by atoms with Crippen LogP contribution in [0.1, 0.15) is 16.8 Å². The van der Waals surface area contributed by atoms with Crippen molar-refractivity contribution in [2.75, 3.05) is 11.9 Å². The Morgan fingerprint density at radius 1 is 1.17 bits per heavy atom. The van der Waals surface area contributed by atoms with Crippen molar-refractivity contribution >= 4 is 23.0 Å². The van der Waals surface area contributed by atoms with Crippen LogP contribution in [0.5, 0.6) is 0 Å². The number of alkyl halides is 1. The molecule has 18 heavy (non-hydrogen) atoms. The molecule has 0 aliphatic heterocycles. The molecule has 2 aromatic rings. The number of nitrogens with zero attached hydrogens (tertiary/aromatic N) is 2. The molecule has 1 aromatic heterocycles. The predicted molar refractivity (Wildman–Crippen MR) is 77.8 cm³/mol. The normalized spacial score (nSPS) is 10.4. The molecular formula is C15H17ClN2. The summed E-state index contributed by atoms with van der Waals surface area (Å²) in [5.74, 6) is 0.439. The van der Waals surface area contributed by atoms with E-state index in [1.54, 1.807) is 6.20 Å². The molecule has 0 aliphatic carbocycles. The lowest BCUT2D eigenvalue weighted by Crippen LogP contribution is -2.11. The molecule has 0 amide bonds. The third kappa shape index (κ3) is 2.65. The van der Waals surface area contributed by atoms with E-state index in [1.807, 2.05) is 12.1 Å². The Morgan fingerprint density at radius 3 is 2.61 bits per heavy atom. The van der Waals surface area contributed by atoms with Crippen molar-refractivity contribution in [1.82, 2.24) is 4.98 Å². The maximum absolute atomic E-state index is 5.82. The first-order valence-electron chi connectivity index (χ1n) is 5.93. The van der Waals surface area contributed by atoms with Crippen LogP contribution in [0, 0.1) is 13.8 Å². The largest absolute Gasteiger partial charge is 0.344 e. The van der Waals surface area contributed by atoms with Crippen LogP contribution in [0.3, 0.4) is 0 Å². The molecule has 2 nitrogen and oxygen atoms in total. The van der Waals surface area contributed by atoms with Gasteiger partial charge >= 0.3 is 0 Å². The maximum Gasteiger partial charge on any atom is 0.0648 e. The van der Waals surface area contributed by atoms with Gasteiger partial charge in [-0.1, -0.05) is 17.7 Å².